The maximum atomic E-state index is 14.8. The zero-order chi connectivity index (χ0) is 19.8. The first-order valence-corrected chi connectivity index (χ1v) is 10.3. The van der Waals surface area contributed by atoms with E-state index in [9.17, 15) is 13.2 Å². The van der Waals surface area contributed by atoms with Crippen molar-refractivity contribution in [3.8, 4) is 11.1 Å². The van der Waals surface area contributed by atoms with Crippen LogP contribution in [0.4, 0.5) is 13.2 Å². The van der Waals surface area contributed by atoms with E-state index < -0.39 is 17.5 Å². The number of rotatable bonds is 3. The van der Waals surface area contributed by atoms with Crippen molar-refractivity contribution < 1.29 is 13.2 Å². The van der Waals surface area contributed by atoms with Gasteiger partial charge < -0.3 is 0 Å². The second-order valence-corrected chi connectivity index (χ2v) is 8.64. The summed E-state index contributed by atoms with van der Waals surface area (Å²) in [4.78, 5) is 0. The average Bonchev–Trinajstić information content (AvgIpc) is 2.70. The normalized spacial score (nSPS) is 27.3. The number of allylic oxidation sites excluding steroid dienone is 1. The molecule has 4 unspecified atom stereocenters. The summed E-state index contributed by atoms with van der Waals surface area (Å²) in [5.74, 6) is 0.825. The highest BCUT2D eigenvalue weighted by Crippen LogP contribution is 2.48. The molecule has 2 fully saturated rings. The standard InChI is InChI=1S/C25H27F3/c1-3-16-4-5-18-11-19(7-6-17(18)10-16)20-8-9-22(25(28)12-20)21-13-23(26)15(2)24(27)14-21/h3,8-9,12-14,16-19H,1,4-7,10-11H2,2H3. The number of fused-ring (bicyclic) bond motifs is 1. The summed E-state index contributed by atoms with van der Waals surface area (Å²) >= 11 is 0. The molecular formula is C25H27F3. The third-order valence-electron chi connectivity index (χ3n) is 7.04. The van der Waals surface area contributed by atoms with Crippen LogP contribution in [-0.2, 0) is 0 Å². The van der Waals surface area contributed by atoms with Gasteiger partial charge in [0.15, 0.2) is 0 Å². The van der Waals surface area contributed by atoms with Gasteiger partial charge in [0.25, 0.3) is 0 Å². The highest BCUT2D eigenvalue weighted by molar-refractivity contribution is 5.65. The van der Waals surface area contributed by atoms with E-state index >= 15 is 0 Å². The topological polar surface area (TPSA) is 0 Å². The van der Waals surface area contributed by atoms with Crippen molar-refractivity contribution in [2.75, 3.05) is 0 Å². The van der Waals surface area contributed by atoms with E-state index in [-0.39, 0.29) is 16.7 Å². The van der Waals surface area contributed by atoms with Crippen LogP contribution in [-0.4, -0.2) is 0 Å². The highest BCUT2D eigenvalue weighted by atomic mass is 19.1. The lowest BCUT2D eigenvalue weighted by Crippen LogP contribution is -2.29. The van der Waals surface area contributed by atoms with Crippen LogP contribution in [0.15, 0.2) is 43.0 Å². The number of hydrogen-bond donors (Lipinski definition) is 0. The maximum absolute atomic E-state index is 14.8. The Balaban J connectivity index is 1.53. The minimum Gasteiger partial charge on any atom is -0.207 e. The summed E-state index contributed by atoms with van der Waals surface area (Å²) in [6, 6.07) is 7.61. The Morgan fingerprint density at radius 3 is 2.21 bits per heavy atom. The van der Waals surface area contributed by atoms with Gasteiger partial charge in [0.05, 0.1) is 0 Å². The zero-order valence-corrected chi connectivity index (χ0v) is 16.4. The lowest BCUT2D eigenvalue weighted by atomic mass is 9.64. The van der Waals surface area contributed by atoms with Gasteiger partial charge in [-0.3, -0.25) is 0 Å². The van der Waals surface area contributed by atoms with Crippen molar-refractivity contribution in [2.45, 2.75) is 51.4 Å². The Morgan fingerprint density at radius 2 is 1.54 bits per heavy atom. The van der Waals surface area contributed by atoms with Crippen molar-refractivity contribution in [3.05, 3.63) is 71.6 Å². The second-order valence-electron chi connectivity index (χ2n) is 8.64. The SMILES string of the molecule is C=CC1CCC2CC(c3ccc(-c4cc(F)c(C)c(F)c4)c(F)c3)CCC2C1. The number of halogens is 3. The molecule has 0 N–H and O–H groups in total. The summed E-state index contributed by atoms with van der Waals surface area (Å²) in [7, 11) is 0. The molecule has 0 aromatic heterocycles. The smallest absolute Gasteiger partial charge is 0.131 e. The number of benzene rings is 2. The van der Waals surface area contributed by atoms with Gasteiger partial charge in [-0.1, -0.05) is 18.2 Å². The van der Waals surface area contributed by atoms with Gasteiger partial charge in [-0.25, -0.2) is 13.2 Å². The van der Waals surface area contributed by atoms with Crippen LogP contribution in [0.25, 0.3) is 11.1 Å². The van der Waals surface area contributed by atoms with Crippen LogP contribution in [0.5, 0.6) is 0 Å². The van der Waals surface area contributed by atoms with Gasteiger partial charge in [-0.05, 0) is 98.4 Å². The molecule has 0 aliphatic heterocycles. The van der Waals surface area contributed by atoms with Crippen LogP contribution in [0.1, 0.15) is 55.6 Å². The molecule has 0 amide bonds. The Labute approximate surface area is 165 Å². The molecule has 2 aromatic carbocycles. The molecule has 2 saturated carbocycles. The van der Waals surface area contributed by atoms with E-state index in [1.54, 1.807) is 12.1 Å². The van der Waals surface area contributed by atoms with E-state index in [0.29, 0.717) is 11.8 Å². The lowest BCUT2D eigenvalue weighted by molar-refractivity contribution is 0.133. The molecule has 0 bridgehead atoms. The minimum absolute atomic E-state index is 0.0382. The fourth-order valence-corrected chi connectivity index (χ4v) is 5.26. The predicted molar refractivity (Wildman–Crippen MR) is 108 cm³/mol. The first-order valence-electron chi connectivity index (χ1n) is 10.3. The molecule has 3 heteroatoms. The Kier molecular flexibility index (Phi) is 5.35. The van der Waals surface area contributed by atoms with Crippen molar-refractivity contribution in [1.29, 1.82) is 0 Å². The number of hydrogen-bond acceptors (Lipinski definition) is 0. The molecule has 2 aliphatic rings. The Morgan fingerprint density at radius 1 is 0.857 bits per heavy atom. The van der Waals surface area contributed by atoms with Crippen molar-refractivity contribution >= 4 is 0 Å². The molecule has 4 rings (SSSR count). The third kappa shape index (κ3) is 3.64. The van der Waals surface area contributed by atoms with E-state index in [0.717, 1.165) is 30.2 Å². The third-order valence-corrected chi connectivity index (χ3v) is 7.04. The fraction of sp³-hybridized carbons (Fsp3) is 0.440. The van der Waals surface area contributed by atoms with Crippen molar-refractivity contribution in [2.24, 2.45) is 17.8 Å². The first kappa shape index (κ1) is 19.3. The summed E-state index contributed by atoms with van der Waals surface area (Å²) in [6.45, 7) is 5.34. The van der Waals surface area contributed by atoms with Gasteiger partial charge in [0.2, 0.25) is 0 Å². The van der Waals surface area contributed by atoms with E-state index in [1.807, 2.05) is 6.07 Å². The fourth-order valence-electron chi connectivity index (χ4n) is 5.26. The molecule has 2 aliphatic carbocycles. The highest BCUT2D eigenvalue weighted by Gasteiger charge is 2.35. The van der Waals surface area contributed by atoms with Crippen LogP contribution in [0, 0.1) is 42.1 Å². The first-order chi connectivity index (χ1) is 13.5. The molecule has 4 atom stereocenters. The average molecular weight is 384 g/mol. The molecule has 28 heavy (non-hydrogen) atoms. The van der Waals surface area contributed by atoms with Gasteiger partial charge in [-0.15, -0.1) is 6.58 Å². The molecular weight excluding hydrogens is 357 g/mol. The molecule has 0 heterocycles. The maximum Gasteiger partial charge on any atom is 0.131 e. The van der Waals surface area contributed by atoms with Gasteiger partial charge in [0.1, 0.15) is 17.5 Å². The van der Waals surface area contributed by atoms with Crippen molar-refractivity contribution in [1.82, 2.24) is 0 Å². The van der Waals surface area contributed by atoms with Gasteiger partial charge in [-0.2, -0.15) is 0 Å². The zero-order valence-electron chi connectivity index (χ0n) is 16.4. The summed E-state index contributed by atoms with van der Waals surface area (Å²) < 4.78 is 42.6. The van der Waals surface area contributed by atoms with Crippen LogP contribution in [0.3, 0.4) is 0 Å². The molecule has 0 radical (unpaired) electrons. The monoisotopic (exact) mass is 384 g/mol. The van der Waals surface area contributed by atoms with E-state index in [2.05, 4.69) is 12.7 Å². The van der Waals surface area contributed by atoms with Crippen LogP contribution in [0.2, 0.25) is 0 Å². The molecule has 0 spiro atoms. The quantitative estimate of drug-likeness (QED) is 0.479. The van der Waals surface area contributed by atoms with Gasteiger partial charge in [0, 0.05) is 11.1 Å². The Bertz CT molecular complexity index is 862. The molecule has 2 aromatic rings. The predicted octanol–water partition coefficient (Wildman–Crippen LogP) is 7.57. The molecule has 0 nitrogen and oxygen atoms in total. The summed E-state index contributed by atoms with van der Waals surface area (Å²) in [5.41, 5.74) is 1.47. The van der Waals surface area contributed by atoms with E-state index in [1.165, 1.54) is 44.7 Å². The van der Waals surface area contributed by atoms with Crippen molar-refractivity contribution in [3.63, 3.8) is 0 Å². The lowest BCUT2D eigenvalue weighted by Gasteiger charge is -2.41. The molecule has 148 valence electrons. The minimum atomic E-state index is -0.646. The second kappa shape index (κ2) is 7.77. The summed E-state index contributed by atoms with van der Waals surface area (Å²) in [5, 5.41) is 0. The van der Waals surface area contributed by atoms with Gasteiger partial charge >= 0.3 is 0 Å². The van der Waals surface area contributed by atoms with Crippen LogP contribution < -0.4 is 0 Å². The molecule has 0 saturated heterocycles. The Hall–Kier alpha value is -2.03. The van der Waals surface area contributed by atoms with E-state index in [4.69, 9.17) is 0 Å². The van der Waals surface area contributed by atoms with Crippen LogP contribution >= 0.6 is 0 Å². The largest absolute Gasteiger partial charge is 0.207 e. The summed E-state index contributed by atoms with van der Waals surface area (Å²) in [6.07, 6.45) is 9.19.